The number of rotatable bonds is 4. The average molecular weight is 235 g/mol. The third-order valence-corrected chi connectivity index (χ3v) is 3.07. The lowest BCUT2D eigenvalue weighted by Gasteiger charge is -2.28. The van der Waals surface area contributed by atoms with Gasteiger partial charge >= 0.3 is 0 Å². The molecule has 0 aromatic heterocycles. The van der Waals surface area contributed by atoms with E-state index in [1.54, 1.807) is 7.11 Å². The molecule has 0 bridgehead atoms. The van der Waals surface area contributed by atoms with Crippen molar-refractivity contribution < 1.29 is 9.53 Å². The van der Waals surface area contributed by atoms with Crippen LogP contribution in [0.3, 0.4) is 0 Å². The number of carbonyl (C=O) groups excluding carboxylic acids is 1. The highest BCUT2D eigenvalue weighted by atomic mass is 16.5. The maximum absolute atomic E-state index is 11.7. The van der Waals surface area contributed by atoms with Gasteiger partial charge in [-0.1, -0.05) is 18.2 Å². The Bertz CT molecular complexity index is 408. The van der Waals surface area contributed by atoms with E-state index in [2.05, 4.69) is 11.5 Å². The number of hydrazine groups is 1. The van der Waals surface area contributed by atoms with E-state index in [0.717, 1.165) is 18.7 Å². The van der Waals surface area contributed by atoms with Crippen molar-refractivity contribution in [3.05, 3.63) is 29.8 Å². The van der Waals surface area contributed by atoms with E-state index in [4.69, 9.17) is 10.6 Å². The summed E-state index contributed by atoms with van der Waals surface area (Å²) in [6.07, 6.45) is 0.953. The number of hydrogen-bond donors (Lipinski definition) is 2. The summed E-state index contributed by atoms with van der Waals surface area (Å²) in [5.74, 6) is 4.99. The van der Waals surface area contributed by atoms with Crippen molar-refractivity contribution in [1.82, 2.24) is 5.43 Å². The number of benzene rings is 1. The van der Waals surface area contributed by atoms with E-state index in [-0.39, 0.29) is 11.9 Å². The second-order valence-electron chi connectivity index (χ2n) is 4.05. The minimum Gasteiger partial charge on any atom is -0.382 e. The van der Waals surface area contributed by atoms with Crippen LogP contribution in [0.5, 0.6) is 0 Å². The third-order valence-electron chi connectivity index (χ3n) is 3.07. The number of nitrogens with two attached hydrogens (primary N) is 1. The van der Waals surface area contributed by atoms with E-state index in [1.807, 2.05) is 23.1 Å². The summed E-state index contributed by atoms with van der Waals surface area (Å²) in [7, 11) is 1.58. The Labute approximate surface area is 101 Å². The van der Waals surface area contributed by atoms with Gasteiger partial charge in [0.2, 0.25) is 0 Å². The summed E-state index contributed by atoms with van der Waals surface area (Å²) < 4.78 is 5.10. The lowest BCUT2D eigenvalue weighted by Crippen LogP contribution is -2.51. The predicted molar refractivity (Wildman–Crippen MR) is 65.5 cm³/mol. The Hall–Kier alpha value is -1.59. The zero-order chi connectivity index (χ0) is 12.3. The van der Waals surface area contributed by atoms with Crippen molar-refractivity contribution in [1.29, 1.82) is 0 Å². The van der Waals surface area contributed by atoms with Crippen molar-refractivity contribution in [3.8, 4) is 0 Å². The molecule has 0 aliphatic carbocycles. The molecule has 0 spiro atoms. The molecule has 1 aliphatic rings. The van der Waals surface area contributed by atoms with Crippen LogP contribution < -0.4 is 16.2 Å². The predicted octanol–water partition coefficient (Wildman–Crippen LogP) is 0.0540. The first-order valence-electron chi connectivity index (χ1n) is 5.62. The summed E-state index contributed by atoms with van der Waals surface area (Å²) in [6, 6.07) is 7.72. The van der Waals surface area contributed by atoms with Gasteiger partial charge in [0, 0.05) is 19.3 Å². The van der Waals surface area contributed by atoms with Crippen LogP contribution in [0, 0.1) is 0 Å². The molecule has 17 heavy (non-hydrogen) atoms. The highest BCUT2D eigenvalue weighted by molar-refractivity contribution is 5.85. The summed E-state index contributed by atoms with van der Waals surface area (Å²) in [6.45, 7) is 1.15. The van der Waals surface area contributed by atoms with Crippen LogP contribution in [-0.4, -0.2) is 32.2 Å². The van der Waals surface area contributed by atoms with Gasteiger partial charge < -0.3 is 9.64 Å². The van der Waals surface area contributed by atoms with Gasteiger partial charge in [-0.05, 0) is 18.1 Å². The number of para-hydroxylation sites is 1. The Morgan fingerprint density at radius 2 is 2.35 bits per heavy atom. The molecule has 0 saturated heterocycles. The first-order valence-corrected chi connectivity index (χ1v) is 5.62. The molecule has 0 saturated carbocycles. The van der Waals surface area contributed by atoms with Crippen molar-refractivity contribution in [3.63, 3.8) is 0 Å². The Balaban J connectivity index is 2.24. The maximum Gasteiger partial charge on any atom is 0.258 e. The minimum atomic E-state index is -0.367. The van der Waals surface area contributed by atoms with E-state index in [0.29, 0.717) is 6.61 Å². The third kappa shape index (κ3) is 2.25. The molecular formula is C12H17N3O2. The summed E-state index contributed by atoms with van der Waals surface area (Å²) in [4.78, 5) is 13.8. The topological polar surface area (TPSA) is 67.6 Å². The standard InChI is InChI=1S/C12H17N3O2/c1-17-8-11(12(16)14-13)15-7-6-9-4-2-3-5-10(9)15/h2-5,11H,6-8,13H2,1H3,(H,14,16). The fourth-order valence-corrected chi connectivity index (χ4v) is 2.25. The SMILES string of the molecule is COCC(C(=O)NN)N1CCc2ccccc21. The zero-order valence-electron chi connectivity index (χ0n) is 9.85. The zero-order valence-corrected chi connectivity index (χ0v) is 9.85. The molecular weight excluding hydrogens is 218 g/mol. The number of methoxy groups -OCH3 is 1. The molecule has 1 aromatic carbocycles. The van der Waals surface area contributed by atoms with Gasteiger partial charge in [-0.2, -0.15) is 0 Å². The van der Waals surface area contributed by atoms with Crippen LogP contribution in [0.15, 0.2) is 24.3 Å². The number of fused-ring (bicyclic) bond motifs is 1. The molecule has 2 rings (SSSR count). The van der Waals surface area contributed by atoms with Crippen LogP contribution in [-0.2, 0) is 16.0 Å². The fourth-order valence-electron chi connectivity index (χ4n) is 2.25. The minimum absolute atomic E-state index is 0.219. The monoisotopic (exact) mass is 235 g/mol. The van der Waals surface area contributed by atoms with Crippen LogP contribution in [0.25, 0.3) is 0 Å². The van der Waals surface area contributed by atoms with E-state index < -0.39 is 0 Å². The second-order valence-corrected chi connectivity index (χ2v) is 4.05. The Morgan fingerprint density at radius 3 is 3.06 bits per heavy atom. The quantitative estimate of drug-likeness (QED) is 0.440. The number of ether oxygens (including phenoxy) is 1. The molecule has 5 nitrogen and oxygen atoms in total. The van der Waals surface area contributed by atoms with Gasteiger partial charge in [0.25, 0.3) is 5.91 Å². The number of carbonyl (C=O) groups is 1. The van der Waals surface area contributed by atoms with Crippen molar-refractivity contribution in [2.45, 2.75) is 12.5 Å². The van der Waals surface area contributed by atoms with Gasteiger partial charge in [-0.25, -0.2) is 5.84 Å². The molecule has 1 atom stereocenters. The van der Waals surface area contributed by atoms with Gasteiger partial charge in [-0.15, -0.1) is 0 Å². The molecule has 1 aliphatic heterocycles. The summed E-state index contributed by atoms with van der Waals surface area (Å²) >= 11 is 0. The largest absolute Gasteiger partial charge is 0.382 e. The summed E-state index contributed by atoms with van der Waals surface area (Å²) in [5, 5.41) is 0. The van der Waals surface area contributed by atoms with Crippen LogP contribution in [0.4, 0.5) is 5.69 Å². The highest BCUT2D eigenvalue weighted by Gasteiger charge is 2.30. The molecule has 0 fully saturated rings. The van der Waals surface area contributed by atoms with E-state index in [1.165, 1.54) is 5.56 Å². The second kappa shape index (κ2) is 5.16. The van der Waals surface area contributed by atoms with Crippen molar-refractivity contribution in [2.24, 2.45) is 5.84 Å². The molecule has 3 N–H and O–H groups in total. The molecule has 1 unspecified atom stereocenters. The number of anilines is 1. The first kappa shape index (κ1) is 11.9. The van der Waals surface area contributed by atoms with Crippen LogP contribution >= 0.6 is 0 Å². The van der Waals surface area contributed by atoms with Gasteiger partial charge in [-0.3, -0.25) is 10.2 Å². The van der Waals surface area contributed by atoms with E-state index in [9.17, 15) is 4.79 Å². The maximum atomic E-state index is 11.7. The summed E-state index contributed by atoms with van der Waals surface area (Å²) in [5.41, 5.74) is 4.55. The average Bonchev–Trinajstić information content (AvgIpc) is 2.79. The van der Waals surface area contributed by atoms with Crippen molar-refractivity contribution >= 4 is 11.6 Å². The number of nitrogens with one attached hydrogen (secondary N) is 1. The van der Waals surface area contributed by atoms with Crippen molar-refractivity contribution in [2.75, 3.05) is 25.2 Å². The molecule has 5 heteroatoms. The molecule has 1 aromatic rings. The normalized spacial score (nSPS) is 15.5. The smallest absolute Gasteiger partial charge is 0.258 e. The molecule has 1 amide bonds. The Morgan fingerprint density at radius 1 is 1.59 bits per heavy atom. The number of hydrogen-bond acceptors (Lipinski definition) is 4. The van der Waals surface area contributed by atoms with E-state index >= 15 is 0 Å². The van der Waals surface area contributed by atoms with Gasteiger partial charge in [0.1, 0.15) is 6.04 Å². The number of nitrogens with zero attached hydrogens (tertiary/aromatic N) is 1. The lowest BCUT2D eigenvalue weighted by molar-refractivity contribution is -0.123. The fraction of sp³-hybridized carbons (Fsp3) is 0.417. The number of amides is 1. The molecule has 0 radical (unpaired) electrons. The van der Waals surface area contributed by atoms with Crippen LogP contribution in [0.1, 0.15) is 5.56 Å². The highest BCUT2D eigenvalue weighted by Crippen LogP contribution is 2.29. The lowest BCUT2D eigenvalue weighted by atomic mass is 10.1. The molecule has 92 valence electrons. The molecule has 1 heterocycles. The van der Waals surface area contributed by atoms with Gasteiger partial charge in [0.15, 0.2) is 0 Å². The first-order chi connectivity index (χ1) is 8.27. The van der Waals surface area contributed by atoms with Gasteiger partial charge in [0.05, 0.1) is 6.61 Å². The Kier molecular flexibility index (Phi) is 3.61. The van der Waals surface area contributed by atoms with Crippen LogP contribution in [0.2, 0.25) is 0 Å².